The van der Waals surface area contributed by atoms with Crippen LogP contribution in [0.15, 0.2) is 188 Å². The van der Waals surface area contributed by atoms with Crippen molar-refractivity contribution in [2.75, 3.05) is 20.4 Å². The van der Waals surface area contributed by atoms with E-state index in [0.29, 0.717) is 86.0 Å². The summed E-state index contributed by atoms with van der Waals surface area (Å²) in [7, 11) is 0. The van der Waals surface area contributed by atoms with Gasteiger partial charge in [0.2, 0.25) is 5.91 Å². The Morgan fingerprint density at radius 1 is 0.530 bits per heavy atom. The monoisotopic (exact) mass is 2090 g/mol. The van der Waals surface area contributed by atoms with E-state index in [1.54, 1.807) is 74.5 Å². The normalized spacial score (nSPS) is 17.2. The number of hydrogen-bond acceptors (Lipinski definition) is 17. The van der Waals surface area contributed by atoms with Crippen LogP contribution in [0.4, 0.5) is 27.5 Å². The standard InChI is InChI=1S/C22H24N2O4.C21H26N2O3.C16H15NO4.C16H17NO2.C10H12O2.C2H5I.C2H6.CH4.CH3.3HI.V/c1-5-22(4)19(25)24(20(26)23-22)15-7-10-16(11-8-15)28-17-9-6-14-13-27-21(2,3)18(14)12-17;1-5-21(4,22)19(24)23-15-7-10-16(11-8-15)26-17-9-6-14-13-25-20(2,3)18(14)12-17;1-16(2)15-9-14(6-3-11(15)10-20-16)21-13-7-4-12(5-8-13)17(18)19;1-16(2)15-9-14(6-3-11(15)10-18-16)19-13-7-4-12(17)5-8-13;1-10(2)9-5-8(11)4-3-7(9)6-12-10;1-2-3;1-2;;;;;;/h6-12H,5,13H2,1-4H3,(H,23,26);6-12H,5,13,22H2,1-4H3,(H,23,24);3-9H,10H2,1-2H3;3-9H,10,17H2,1-2H3;3-5,11H,6H2,1-2H3;2H2,1H3;1-2H3;1H4;1H3;3*1H;/q;;;;;;;;-1;;;;+3/p-3/t22-;21-;;;;;;;;;;;/m11.........../s1. The predicted octanol–water partition coefficient (Wildman–Crippen LogP) is 25.1. The number of fused-ring (bicyclic) bond motifs is 5. The van der Waals surface area contributed by atoms with E-state index in [1.165, 1.54) is 49.3 Å². The molecule has 6 aliphatic rings. The Kier molecular flexibility index (Phi) is 36.2. The number of nitrogen functional groups attached to an aromatic ring is 1. The zero-order chi connectivity index (χ0) is 84.6. The van der Waals surface area contributed by atoms with Crippen molar-refractivity contribution in [2.45, 2.75) is 210 Å². The number of nitro benzene ring substituents is 1. The van der Waals surface area contributed by atoms with Gasteiger partial charge in [0.05, 0.1) is 77.2 Å². The summed E-state index contributed by atoms with van der Waals surface area (Å²) < 4.78 is 53.4. The van der Waals surface area contributed by atoms with Gasteiger partial charge in [0.1, 0.15) is 57.3 Å². The number of nitrogens with one attached hydrogen (secondary N) is 2. The minimum atomic E-state index is -0.880. The number of nitrogens with two attached hydrogens (primary N) is 2. The molecule has 1 fully saturated rings. The van der Waals surface area contributed by atoms with Gasteiger partial charge in [-0.05, 0) is 302 Å². The third-order valence-corrected chi connectivity index (χ3v) is 19.9. The van der Waals surface area contributed by atoms with Gasteiger partial charge in [-0.2, -0.15) is 0 Å². The van der Waals surface area contributed by atoms with Crippen molar-refractivity contribution >= 4 is 123 Å². The van der Waals surface area contributed by atoms with Crippen LogP contribution in [0.1, 0.15) is 194 Å². The zero-order valence-electron chi connectivity index (χ0n) is 69.2. The summed E-state index contributed by atoms with van der Waals surface area (Å²) in [5.41, 5.74) is 22.1. The second-order valence-corrected chi connectivity index (χ2v) is 67.2. The number of phenolic OH excluding ortho intramolecular Hbond substituents is 1. The van der Waals surface area contributed by atoms with Crippen LogP contribution in [0.2, 0.25) is 0 Å². The van der Waals surface area contributed by atoms with Gasteiger partial charge in [-0.1, -0.05) is 95.0 Å². The Labute approximate surface area is 742 Å². The summed E-state index contributed by atoms with van der Waals surface area (Å²) in [5.74, 6) is 5.55. The third-order valence-electron chi connectivity index (χ3n) is 19.9. The third kappa shape index (κ3) is 26.4. The van der Waals surface area contributed by atoms with E-state index < -0.39 is 22.0 Å². The number of anilines is 3. The number of imide groups is 1. The first-order chi connectivity index (χ1) is 54.2. The number of halogens is 4. The molecule has 4 amide bonds. The number of urea groups is 1. The Morgan fingerprint density at radius 2 is 0.812 bits per heavy atom. The van der Waals surface area contributed by atoms with Gasteiger partial charge >= 0.3 is 70.9 Å². The molecule has 0 aromatic heterocycles. The van der Waals surface area contributed by atoms with Gasteiger partial charge in [-0.3, -0.25) is 19.7 Å². The van der Waals surface area contributed by atoms with E-state index in [1.807, 2.05) is 172 Å². The Hall–Kier alpha value is -7.15. The number of amides is 4. The number of phenols is 1. The topological polar surface area (TPSA) is 277 Å². The molecular formula is C91H112I4N6O15V-. The molecular weight excluding hydrogens is 1980 g/mol. The van der Waals surface area contributed by atoms with E-state index in [2.05, 4.69) is 140 Å². The maximum absolute atomic E-state index is 12.6. The number of alkyl halides is 1. The van der Waals surface area contributed by atoms with Crippen LogP contribution in [0.5, 0.6) is 51.7 Å². The van der Waals surface area contributed by atoms with Crippen molar-refractivity contribution in [1.82, 2.24) is 5.32 Å². The molecule has 0 radical (unpaired) electrons. The van der Waals surface area contributed by atoms with Crippen molar-refractivity contribution in [3.63, 3.8) is 0 Å². The predicted molar refractivity (Wildman–Crippen MR) is 497 cm³/mol. The van der Waals surface area contributed by atoms with E-state index in [-0.39, 0.29) is 65.3 Å². The number of rotatable bonds is 14. The van der Waals surface area contributed by atoms with Crippen LogP contribution in [0, 0.1) is 17.5 Å². The first kappa shape index (κ1) is 98.7. The number of nitrogens with zero attached hydrogens (tertiary/aromatic N) is 2. The molecule has 0 aliphatic carbocycles. The Morgan fingerprint density at radius 3 is 1.11 bits per heavy atom. The quantitative estimate of drug-likeness (QED) is 0.0129. The molecule has 6 heterocycles. The molecule has 630 valence electrons. The molecule has 21 nitrogen and oxygen atoms in total. The summed E-state index contributed by atoms with van der Waals surface area (Å²) in [6.45, 7) is 36.9. The molecule has 7 N–H and O–H groups in total. The minimum absolute atomic E-state index is 0. The molecule has 0 spiro atoms. The summed E-state index contributed by atoms with van der Waals surface area (Å²) >= 11 is 9.68. The van der Waals surface area contributed by atoms with E-state index in [9.17, 15) is 29.6 Å². The van der Waals surface area contributed by atoms with E-state index in [4.69, 9.17) is 54.1 Å². The number of ether oxygens (including phenoxy) is 9. The van der Waals surface area contributed by atoms with Gasteiger partial charge in [-0.15, -0.1) is 0 Å². The average Bonchev–Trinajstić information content (AvgIpc) is 1.74. The molecule has 9 aromatic rings. The van der Waals surface area contributed by atoms with Crippen molar-refractivity contribution in [3.05, 3.63) is 261 Å². The van der Waals surface area contributed by atoms with Crippen molar-refractivity contribution < 1.29 is 72.0 Å². The number of hydrogen-bond donors (Lipinski definition) is 5. The van der Waals surface area contributed by atoms with Crippen LogP contribution in [0.3, 0.4) is 0 Å². The number of non-ortho nitro benzene ring substituents is 1. The summed E-state index contributed by atoms with van der Waals surface area (Å²) in [6, 6.07) is 56.5. The van der Waals surface area contributed by atoms with Gasteiger partial charge < -0.3 is 77.3 Å². The molecule has 26 heteroatoms. The van der Waals surface area contributed by atoms with Gasteiger partial charge in [-0.25, -0.2) is 9.69 Å². The fraction of sp³-hybridized carbons (Fsp3) is 0.363. The second-order valence-electron chi connectivity index (χ2n) is 30.3. The molecule has 6 aliphatic heterocycles. The van der Waals surface area contributed by atoms with Crippen molar-refractivity contribution in [1.29, 1.82) is 0 Å². The molecule has 0 unspecified atom stereocenters. The van der Waals surface area contributed by atoms with Crippen LogP contribution < -0.4 is 45.9 Å². The first-order valence-electron chi connectivity index (χ1n) is 37.9. The van der Waals surface area contributed by atoms with Crippen LogP contribution in [-0.4, -0.2) is 43.4 Å². The summed E-state index contributed by atoms with van der Waals surface area (Å²) in [6.07, 6.45) is 1.10. The molecule has 0 saturated carbocycles. The molecule has 0 bridgehead atoms. The van der Waals surface area contributed by atoms with Crippen molar-refractivity contribution in [3.8, 4) is 51.7 Å². The molecule has 9 aromatic carbocycles. The Balaban J connectivity index is 0.000000224. The maximum atomic E-state index is 12.6. The van der Waals surface area contributed by atoms with Gasteiger partial charge in [0.25, 0.3) is 11.6 Å². The SMILES string of the molecule is C.CC.CC1(C)OCc2ccc(O)cc21.CC1(C)OCc2ccc(Oc3ccc(N)cc3)cc21.CC1(C)OCc2ccc(Oc3ccc([N+](=O)[O-])cc3)cc21.CCI.CC[C@@](C)(N)C(=O)Nc1ccc(Oc2ccc3c(c2)C(C)(C)OC3)cc1.CC[C@@]1(C)NC(=O)N(c2ccc(Oc3ccc4c(c3)C(C)(C)OC4)cc2)C1=O.[CH3-].[I][V]([I])[I]. The average molecular weight is 2090 g/mol. The van der Waals surface area contributed by atoms with Gasteiger partial charge in [0.15, 0.2) is 0 Å². The molecule has 1 saturated heterocycles. The second kappa shape index (κ2) is 42.9. The van der Waals surface area contributed by atoms with Crippen LogP contribution in [-0.2, 0) is 99.2 Å². The number of nitro groups is 1. The number of benzene rings is 9. The zero-order valence-corrected chi connectivity index (χ0v) is 79.3. The van der Waals surface area contributed by atoms with Crippen LogP contribution >= 0.6 is 82.5 Å². The van der Waals surface area contributed by atoms with E-state index >= 15 is 0 Å². The fourth-order valence-corrected chi connectivity index (χ4v) is 12.7. The number of carbonyl (C=O) groups is 3. The number of aromatic hydroxyl groups is 1. The van der Waals surface area contributed by atoms with Crippen molar-refractivity contribution in [2.24, 2.45) is 5.73 Å². The molecule has 15 rings (SSSR count). The fourth-order valence-electron chi connectivity index (χ4n) is 12.7. The summed E-state index contributed by atoms with van der Waals surface area (Å²) in [5, 5.41) is 25.5. The molecule has 117 heavy (non-hydrogen) atoms. The summed E-state index contributed by atoms with van der Waals surface area (Å²) in [4.78, 5) is 48.1. The number of carbonyl (C=O) groups excluding carboxylic acids is 3. The first-order valence-corrected chi connectivity index (χ1v) is 52.9. The van der Waals surface area contributed by atoms with Gasteiger partial charge in [0, 0.05) is 23.5 Å². The molecule has 2 atom stereocenters. The van der Waals surface area contributed by atoms with Crippen LogP contribution in [0.25, 0.3) is 0 Å². The van der Waals surface area contributed by atoms with E-state index in [0.717, 1.165) is 56.5 Å². The Bertz CT molecular complexity index is 4830.